The minimum Gasteiger partial charge on any atom is -0.396 e. The van der Waals surface area contributed by atoms with E-state index in [1.807, 2.05) is 0 Å². The molecule has 58 valence electrons. The van der Waals surface area contributed by atoms with Crippen LogP contribution < -0.4 is 0 Å². The molecule has 0 aliphatic carbocycles. The van der Waals surface area contributed by atoms with Crippen LogP contribution in [0.5, 0.6) is 0 Å². The van der Waals surface area contributed by atoms with Gasteiger partial charge >= 0.3 is 8.56 Å². The average Bonchev–Trinajstić information content (AvgIpc) is 1.87. The van der Waals surface area contributed by atoms with E-state index in [2.05, 4.69) is 0 Å². The van der Waals surface area contributed by atoms with E-state index in [9.17, 15) is 4.39 Å². The first kappa shape index (κ1) is 11.8. The highest BCUT2D eigenvalue weighted by molar-refractivity contribution is 6.65. The molecule has 0 saturated carbocycles. The molecule has 0 saturated heterocycles. The molecule has 0 aliphatic heterocycles. The van der Waals surface area contributed by atoms with E-state index < -0.39 is 14.9 Å². The van der Waals surface area contributed by atoms with Crippen molar-refractivity contribution < 1.29 is 17.9 Å². The van der Waals surface area contributed by atoms with Gasteiger partial charge in [-0.1, -0.05) is 0 Å². The van der Waals surface area contributed by atoms with Gasteiger partial charge in [0.2, 0.25) is 0 Å². The minimum atomic E-state index is -2.34. The summed E-state index contributed by atoms with van der Waals surface area (Å²) in [6, 6.07) is 0. The molecule has 0 amide bonds. The highest BCUT2D eigenvalue weighted by Crippen LogP contribution is 2.02. The Morgan fingerprint density at radius 2 is 1.67 bits per heavy atom. The lowest BCUT2D eigenvalue weighted by molar-refractivity contribution is 0.233. The maximum Gasteiger partial charge on any atom is 0.366 e. The van der Waals surface area contributed by atoms with Gasteiger partial charge in [0.1, 0.15) is 6.30 Å². The Hall–Kier alpha value is -0.00312. The third-order valence-corrected chi connectivity index (χ3v) is 3.32. The molecule has 0 atom stereocenters. The molecule has 5 heteroatoms. The summed E-state index contributed by atoms with van der Waals surface area (Å²) >= 11 is 0. The maximum atomic E-state index is 11.9. The van der Waals surface area contributed by atoms with E-state index in [1.54, 1.807) is 6.55 Å². The smallest absolute Gasteiger partial charge is 0.366 e. The summed E-state index contributed by atoms with van der Waals surface area (Å²) in [6.45, 7) is 1.67. The fourth-order valence-electron chi connectivity index (χ4n) is 0.192. The Kier molecular flexibility index (Phi) is 6.32. The summed E-state index contributed by atoms with van der Waals surface area (Å²) in [7, 11) is 0.597. The lowest BCUT2D eigenvalue weighted by Crippen LogP contribution is -2.39. The van der Waals surface area contributed by atoms with E-state index in [0.29, 0.717) is 0 Å². The zero-order chi connectivity index (χ0) is 6.62. The third-order valence-electron chi connectivity index (χ3n) is 1.11. The molecule has 0 fully saturated rings. The van der Waals surface area contributed by atoms with Crippen LogP contribution in [0.2, 0.25) is 6.55 Å². The predicted octanol–water partition coefficient (Wildman–Crippen LogP) is 1.01. The first-order valence-corrected chi connectivity index (χ1v) is 4.87. The Bertz CT molecular complexity index is 59.3. The molecule has 2 nitrogen and oxygen atoms in total. The molecule has 0 aliphatic rings. The fourth-order valence-corrected chi connectivity index (χ4v) is 0.577. The van der Waals surface area contributed by atoms with Gasteiger partial charge in [0, 0.05) is 14.2 Å². The standard InChI is InChI=1S/C4H11FO2Si.FH/c1-6-8(3,4-5)7-2;/h4H2,1-3H3;1H. The molecule has 0 radical (unpaired) electrons. The van der Waals surface area contributed by atoms with Gasteiger partial charge in [-0.3, -0.25) is 4.70 Å². The van der Waals surface area contributed by atoms with Gasteiger partial charge in [-0.25, -0.2) is 4.39 Å². The van der Waals surface area contributed by atoms with Crippen LogP contribution in [-0.4, -0.2) is 29.1 Å². The van der Waals surface area contributed by atoms with Crippen LogP contribution in [0.3, 0.4) is 0 Å². The summed E-state index contributed by atoms with van der Waals surface area (Å²) < 4.78 is 21.4. The number of alkyl halides is 1. The van der Waals surface area contributed by atoms with Gasteiger partial charge in [0.15, 0.2) is 0 Å². The number of halogens is 2. The van der Waals surface area contributed by atoms with E-state index >= 15 is 0 Å². The first-order valence-electron chi connectivity index (χ1n) is 2.35. The van der Waals surface area contributed by atoms with Crippen molar-refractivity contribution in [2.75, 3.05) is 20.5 Å². The Morgan fingerprint density at radius 3 is 1.67 bits per heavy atom. The number of hydrogen-bond donors (Lipinski definition) is 0. The summed E-state index contributed by atoms with van der Waals surface area (Å²) in [5.74, 6) is 0. The number of hydrogen-bond acceptors (Lipinski definition) is 2. The quantitative estimate of drug-likeness (QED) is 0.571. The average molecular weight is 158 g/mol. The summed E-state index contributed by atoms with van der Waals surface area (Å²) in [4.78, 5) is 0. The second-order valence-corrected chi connectivity index (χ2v) is 5.03. The van der Waals surface area contributed by atoms with E-state index in [0.717, 1.165) is 0 Å². The van der Waals surface area contributed by atoms with E-state index in [4.69, 9.17) is 8.85 Å². The SMILES string of the molecule is CO[Si](C)(CF)OC.F. The molecule has 0 aromatic heterocycles. The zero-order valence-corrected chi connectivity index (χ0v) is 6.81. The van der Waals surface area contributed by atoms with Crippen LogP contribution in [-0.2, 0) is 8.85 Å². The van der Waals surface area contributed by atoms with Crippen LogP contribution >= 0.6 is 0 Å². The second-order valence-electron chi connectivity index (χ2n) is 1.68. The Labute approximate surface area is 54.6 Å². The predicted molar refractivity (Wildman–Crippen MR) is 34.1 cm³/mol. The van der Waals surface area contributed by atoms with Crippen molar-refractivity contribution >= 4 is 8.56 Å². The van der Waals surface area contributed by atoms with Crippen LogP contribution in [0.15, 0.2) is 0 Å². The van der Waals surface area contributed by atoms with Gasteiger partial charge < -0.3 is 8.85 Å². The lowest BCUT2D eigenvalue weighted by Gasteiger charge is -2.17. The van der Waals surface area contributed by atoms with Gasteiger partial charge in [0.05, 0.1) is 0 Å². The van der Waals surface area contributed by atoms with Crippen LogP contribution in [0.25, 0.3) is 0 Å². The molecule has 0 spiro atoms. The van der Waals surface area contributed by atoms with Crippen molar-refractivity contribution in [3.63, 3.8) is 0 Å². The summed E-state index contributed by atoms with van der Waals surface area (Å²) in [5.41, 5.74) is 0. The Morgan fingerprint density at radius 1 is 1.33 bits per heavy atom. The van der Waals surface area contributed by atoms with Crippen molar-refractivity contribution in [3.05, 3.63) is 0 Å². The maximum absolute atomic E-state index is 11.9. The van der Waals surface area contributed by atoms with E-state index in [1.165, 1.54) is 14.2 Å². The molecule has 0 unspecified atom stereocenters. The molecule has 0 aromatic rings. The topological polar surface area (TPSA) is 18.5 Å². The summed E-state index contributed by atoms with van der Waals surface area (Å²) in [6.07, 6.45) is -0.486. The van der Waals surface area contributed by atoms with Gasteiger partial charge in [-0.05, 0) is 6.55 Å². The zero-order valence-electron chi connectivity index (χ0n) is 5.81. The van der Waals surface area contributed by atoms with Crippen molar-refractivity contribution in [2.24, 2.45) is 0 Å². The van der Waals surface area contributed by atoms with Gasteiger partial charge in [-0.2, -0.15) is 0 Å². The molecule has 0 rings (SSSR count). The van der Waals surface area contributed by atoms with Crippen LogP contribution in [0.4, 0.5) is 9.09 Å². The molecular formula is C4H12F2O2Si. The third kappa shape index (κ3) is 3.55. The molecule has 9 heavy (non-hydrogen) atoms. The van der Waals surface area contributed by atoms with Gasteiger partial charge in [0.25, 0.3) is 0 Å². The molecule has 0 aromatic carbocycles. The van der Waals surface area contributed by atoms with Crippen molar-refractivity contribution in [3.8, 4) is 0 Å². The van der Waals surface area contributed by atoms with Gasteiger partial charge in [-0.15, -0.1) is 0 Å². The van der Waals surface area contributed by atoms with Crippen LogP contribution in [0.1, 0.15) is 0 Å². The molecule has 0 N–H and O–H groups in total. The second kappa shape index (κ2) is 4.84. The molecule has 0 bridgehead atoms. The number of rotatable bonds is 3. The van der Waals surface area contributed by atoms with Crippen LogP contribution in [0, 0.1) is 0 Å². The first-order chi connectivity index (χ1) is 3.68. The largest absolute Gasteiger partial charge is 0.396 e. The van der Waals surface area contributed by atoms with E-state index in [-0.39, 0.29) is 4.70 Å². The molecule has 0 heterocycles. The minimum absolute atomic E-state index is 0. The Balaban J connectivity index is 0. The van der Waals surface area contributed by atoms with Crippen molar-refractivity contribution in [2.45, 2.75) is 6.55 Å². The van der Waals surface area contributed by atoms with Crippen molar-refractivity contribution in [1.82, 2.24) is 0 Å². The lowest BCUT2D eigenvalue weighted by atomic mass is 11.7. The monoisotopic (exact) mass is 158 g/mol. The fraction of sp³-hybridized carbons (Fsp3) is 1.00. The highest BCUT2D eigenvalue weighted by atomic mass is 28.4. The normalized spacial score (nSPS) is 10.7. The summed E-state index contributed by atoms with van der Waals surface area (Å²) in [5, 5.41) is 0. The highest BCUT2D eigenvalue weighted by Gasteiger charge is 2.28. The van der Waals surface area contributed by atoms with Crippen molar-refractivity contribution in [1.29, 1.82) is 0 Å². The molecular weight excluding hydrogens is 146 g/mol.